The van der Waals surface area contributed by atoms with Crippen molar-refractivity contribution in [1.29, 1.82) is 0 Å². The average molecular weight is 636 g/mol. The van der Waals surface area contributed by atoms with E-state index in [1.807, 2.05) is 0 Å². The third-order valence-electron chi connectivity index (χ3n) is 5.04. The first-order chi connectivity index (χ1) is 19.5. The van der Waals surface area contributed by atoms with Crippen molar-refractivity contribution < 1.29 is 53.4 Å². The van der Waals surface area contributed by atoms with E-state index in [1.54, 1.807) is 88.0 Å². The zero-order valence-corrected chi connectivity index (χ0v) is 28.8. The average Bonchev–Trinajstić information content (AvgIpc) is 2.68. The van der Waals surface area contributed by atoms with Gasteiger partial charge in [-0.3, -0.25) is 33.9 Å². The van der Waals surface area contributed by atoms with Crippen LogP contribution in [0.1, 0.15) is 83.1 Å². The molecule has 0 atom stereocenters. The van der Waals surface area contributed by atoms with Crippen LogP contribution in [0.4, 0.5) is 0 Å². The minimum Gasteiger partial charge on any atom is -0.480 e. The first-order valence-electron chi connectivity index (χ1n) is 14.7. The van der Waals surface area contributed by atoms with E-state index >= 15 is 0 Å². The highest BCUT2D eigenvalue weighted by Crippen LogP contribution is 2.18. The first-order valence-corrected chi connectivity index (χ1v) is 14.7. The second-order valence-corrected chi connectivity index (χ2v) is 14.8. The van der Waals surface area contributed by atoms with E-state index in [9.17, 15) is 34.5 Å². The molecule has 0 aromatic heterocycles. The van der Waals surface area contributed by atoms with Crippen LogP contribution in [0, 0.1) is 0 Å². The van der Waals surface area contributed by atoms with Gasteiger partial charge in [-0.25, -0.2) is 0 Å². The zero-order valence-electron chi connectivity index (χ0n) is 28.8. The Morgan fingerprint density at radius 2 is 0.818 bits per heavy atom. The number of nitrogens with zero attached hydrogens (tertiary/aromatic N) is 3. The van der Waals surface area contributed by atoms with Gasteiger partial charge in [0.15, 0.2) is 0 Å². The molecule has 0 aliphatic heterocycles. The molecule has 14 heteroatoms. The summed E-state index contributed by atoms with van der Waals surface area (Å²) in [6, 6.07) is 0. The summed E-state index contributed by atoms with van der Waals surface area (Å²) in [5.41, 5.74) is -3.19. The predicted octanol–water partition coefficient (Wildman–Crippen LogP) is 1.46. The van der Waals surface area contributed by atoms with Crippen molar-refractivity contribution in [3.63, 3.8) is 0 Å². The number of rotatable bonds is 17. The van der Waals surface area contributed by atoms with Crippen molar-refractivity contribution >= 4 is 23.9 Å². The van der Waals surface area contributed by atoms with Gasteiger partial charge in [-0.1, -0.05) is 0 Å². The van der Waals surface area contributed by atoms with Crippen LogP contribution in [-0.2, 0) is 38.1 Å². The summed E-state index contributed by atoms with van der Waals surface area (Å²) in [7, 11) is 0. The number of hydrogen-bond acceptors (Lipinski definition) is 13. The molecule has 0 unspecified atom stereocenters. The fraction of sp³-hybridized carbons (Fsp3) is 0.867. The summed E-state index contributed by atoms with van der Waals surface area (Å²) < 4.78 is 21.6. The Morgan fingerprint density at radius 3 is 1.16 bits per heavy atom. The lowest BCUT2D eigenvalue weighted by molar-refractivity contribution is -0.372. The Bertz CT molecular complexity index is 942. The number of ether oxygens (including phenoxy) is 4. The summed E-state index contributed by atoms with van der Waals surface area (Å²) >= 11 is 0. The molecule has 258 valence electrons. The lowest BCUT2D eigenvalue weighted by Gasteiger charge is -2.35. The predicted molar refractivity (Wildman–Crippen MR) is 162 cm³/mol. The number of hydrogen-bond donors (Lipinski definition) is 3. The van der Waals surface area contributed by atoms with Crippen molar-refractivity contribution in [2.75, 3.05) is 58.9 Å². The number of carbonyl (C=O) groups is 4. The molecule has 0 fully saturated rings. The van der Waals surface area contributed by atoms with Crippen LogP contribution < -0.4 is 0 Å². The molecular formula is C30H57N3O11. The highest BCUT2D eigenvalue weighted by Gasteiger charge is 2.34. The van der Waals surface area contributed by atoms with Crippen molar-refractivity contribution in [2.24, 2.45) is 0 Å². The number of esters is 3. The topological polar surface area (TPSA) is 176 Å². The molecule has 0 spiro atoms. The van der Waals surface area contributed by atoms with Crippen LogP contribution in [0.5, 0.6) is 0 Å². The number of carboxylic acid groups (broad SMARTS) is 1. The number of carbonyl (C=O) groups excluding carboxylic acids is 3. The third-order valence-corrected chi connectivity index (χ3v) is 5.04. The summed E-state index contributed by atoms with van der Waals surface area (Å²) in [4.78, 5) is 53.9. The van der Waals surface area contributed by atoms with Gasteiger partial charge in [0.05, 0.1) is 38.3 Å². The van der Waals surface area contributed by atoms with Gasteiger partial charge in [-0.2, -0.15) is 0 Å². The Hall–Kier alpha value is -2.36. The molecule has 0 aromatic carbocycles. The van der Waals surface area contributed by atoms with Gasteiger partial charge in [0.1, 0.15) is 16.8 Å². The van der Waals surface area contributed by atoms with Crippen LogP contribution in [0.2, 0.25) is 0 Å². The molecule has 0 radical (unpaired) electrons. The maximum atomic E-state index is 12.8. The fourth-order valence-electron chi connectivity index (χ4n) is 3.94. The summed E-state index contributed by atoms with van der Waals surface area (Å²) in [6.07, 6.45) is 0. The van der Waals surface area contributed by atoms with E-state index in [0.29, 0.717) is 0 Å². The van der Waals surface area contributed by atoms with Crippen molar-refractivity contribution in [2.45, 2.75) is 111 Å². The van der Waals surface area contributed by atoms with Gasteiger partial charge < -0.3 is 34.3 Å². The van der Waals surface area contributed by atoms with Gasteiger partial charge in [-0.05, 0) is 83.1 Å². The monoisotopic (exact) mass is 635 g/mol. The standard InChI is InChI=1S/C30H57N3O11/c1-26(2,3)41-23(36)18-31(13-15-32(17-22(34)35)19-24(37)42-27(4,5)6)14-16-33(20-25(38)43-28(7,8)9)21-30(39,40)44-29(10,11)12/h39-40H,13-21H2,1-12H3,(H,34,35). The Morgan fingerprint density at radius 1 is 0.500 bits per heavy atom. The molecule has 0 amide bonds. The van der Waals surface area contributed by atoms with E-state index in [2.05, 4.69) is 0 Å². The number of aliphatic hydroxyl groups is 2. The molecular weight excluding hydrogens is 578 g/mol. The van der Waals surface area contributed by atoms with Gasteiger partial charge in [0, 0.05) is 26.2 Å². The largest absolute Gasteiger partial charge is 0.480 e. The molecule has 14 nitrogen and oxygen atoms in total. The van der Waals surface area contributed by atoms with Crippen molar-refractivity contribution in [3.05, 3.63) is 0 Å². The van der Waals surface area contributed by atoms with E-state index in [0.717, 1.165) is 0 Å². The van der Waals surface area contributed by atoms with E-state index in [1.165, 1.54) is 9.80 Å². The molecule has 44 heavy (non-hydrogen) atoms. The Balaban J connectivity index is 5.96. The second-order valence-electron chi connectivity index (χ2n) is 14.8. The van der Waals surface area contributed by atoms with Crippen LogP contribution >= 0.6 is 0 Å². The summed E-state index contributed by atoms with van der Waals surface area (Å²) in [5, 5.41) is 30.6. The number of carboxylic acids is 1. The SMILES string of the molecule is CC(C)(C)OC(=O)CN(CCN(CC(=O)O)CC(=O)OC(C)(C)C)CCN(CC(=O)OC(C)(C)C)CC(O)(O)OC(C)(C)C. The highest BCUT2D eigenvalue weighted by molar-refractivity contribution is 5.74. The van der Waals surface area contributed by atoms with Gasteiger partial charge in [-0.15, -0.1) is 0 Å². The minimum atomic E-state index is -2.61. The lowest BCUT2D eigenvalue weighted by atomic mass is 10.2. The summed E-state index contributed by atoms with van der Waals surface area (Å²) in [5.74, 6) is -5.49. The second kappa shape index (κ2) is 16.8. The highest BCUT2D eigenvalue weighted by atomic mass is 16.8. The Kier molecular flexibility index (Phi) is 15.9. The first kappa shape index (κ1) is 41.6. The molecule has 0 aromatic rings. The summed E-state index contributed by atoms with van der Waals surface area (Å²) in [6.45, 7) is 19.1. The van der Waals surface area contributed by atoms with E-state index in [-0.39, 0.29) is 45.8 Å². The quantitative estimate of drug-likeness (QED) is 0.119. The molecule has 0 bridgehead atoms. The van der Waals surface area contributed by atoms with Crippen molar-refractivity contribution in [1.82, 2.24) is 14.7 Å². The molecule has 0 aliphatic rings. The van der Waals surface area contributed by atoms with Crippen LogP contribution in [0.25, 0.3) is 0 Å². The van der Waals surface area contributed by atoms with Gasteiger partial charge >= 0.3 is 23.9 Å². The molecule has 3 N–H and O–H groups in total. The third kappa shape index (κ3) is 24.0. The van der Waals surface area contributed by atoms with Gasteiger partial charge in [0.25, 0.3) is 5.97 Å². The van der Waals surface area contributed by atoms with Crippen LogP contribution in [0.15, 0.2) is 0 Å². The zero-order chi connectivity index (χ0) is 34.7. The molecule has 0 heterocycles. The smallest absolute Gasteiger partial charge is 0.320 e. The maximum absolute atomic E-state index is 12.8. The van der Waals surface area contributed by atoms with Crippen molar-refractivity contribution in [3.8, 4) is 0 Å². The molecule has 0 rings (SSSR count). The van der Waals surface area contributed by atoms with E-state index in [4.69, 9.17) is 18.9 Å². The van der Waals surface area contributed by atoms with Crippen LogP contribution in [0.3, 0.4) is 0 Å². The fourth-order valence-corrected chi connectivity index (χ4v) is 3.94. The lowest BCUT2D eigenvalue weighted by Crippen LogP contribution is -2.52. The van der Waals surface area contributed by atoms with Crippen LogP contribution in [-0.4, -0.2) is 141 Å². The maximum Gasteiger partial charge on any atom is 0.320 e. The van der Waals surface area contributed by atoms with Gasteiger partial charge in [0.2, 0.25) is 0 Å². The Labute approximate surface area is 262 Å². The normalized spacial score (nSPS) is 13.4. The number of aliphatic carboxylic acids is 1. The minimum absolute atomic E-state index is 0.0589. The molecule has 0 saturated carbocycles. The molecule has 0 saturated heterocycles. The van der Waals surface area contributed by atoms with E-state index < -0.39 is 65.3 Å². The molecule has 0 aliphatic carbocycles.